The van der Waals surface area contributed by atoms with Crippen LogP contribution in [0, 0.1) is 0 Å². The Morgan fingerprint density at radius 3 is 1.35 bits per heavy atom. The van der Waals surface area contributed by atoms with Crippen LogP contribution in [-0.2, 0) is 0 Å². The molecule has 4 aromatic heterocycles. The molecule has 0 aromatic carbocycles. The van der Waals surface area contributed by atoms with Crippen LogP contribution in [0.2, 0.25) is 20.9 Å². The van der Waals surface area contributed by atoms with Gasteiger partial charge in [-0.05, 0) is 60.3 Å². The second-order valence-electron chi connectivity index (χ2n) is 8.11. The Morgan fingerprint density at radius 1 is 0.587 bits per heavy atom. The normalized spacial score (nSPS) is 9.63. The van der Waals surface area contributed by atoms with Crippen LogP contribution in [0.3, 0.4) is 0 Å². The lowest BCUT2D eigenvalue weighted by Gasteiger charge is -2.01. The largest absolute Gasteiger partial charge is 0.370 e. The van der Waals surface area contributed by atoms with Gasteiger partial charge in [-0.2, -0.15) is 0 Å². The fourth-order valence-electron chi connectivity index (χ4n) is 2.58. The van der Waals surface area contributed by atoms with Crippen molar-refractivity contribution in [1.82, 2.24) is 39.9 Å². The van der Waals surface area contributed by atoms with Gasteiger partial charge in [-0.15, -0.1) is 0 Å². The average Bonchev–Trinajstić information content (AvgIpc) is 3.06. The fraction of sp³-hybridized carbons (Fsp3) is 0.429. The van der Waals surface area contributed by atoms with Crippen molar-refractivity contribution in [1.29, 1.82) is 0 Å². The number of nitrogens with zero attached hydrogens (tertiary/aromatic N) is 8. The molecule has 0 saturated carbocycles. The molecular weight excluding hydrogens is 674 g/mol. The summed E-state index contributed by atoms with van der Waals surface area (Å²) in [5.74, 6) is 2.60. The molecule has 0 spiro atoms. The zero-order valence-corrected chi connectivity index (χ0v) is 29.3. The predicted molar refractivity (Wildman–Crippen MR) is 192 cm³/mol. The first-order valence-corrected chi connectivity index (χ1v) is 15.8. The van der Waals surface area contributed by atoms with E-state index in [2.05, 4.69) is 75.0 Å². The van der Waals surface area contributed by atoms with Gasteiger partial charge in [0.05, 0.1) is 0 Å². The summed E-state index contributed by atoms with van der Waals surface area (Å²) in [7, 11) is 0. The van der Waals surface area contributed by atoms with Crippen LogP contribution in [0.5, 0.6) is 0 Å². The number of halogens is 4. The molecule has 0 aliphatic rings. The lowest BCUT2D eigenvalue weighted by molar-refractivity contribution is 0.952. The maximum absolute atomic E-state index is 6.21. The number of hydrogen-bond donors (Lipinski definition) is 6. The van der Waals surface area contributed by atoms with E-state index < -0.39 is 0 Å². The van der Waals surface area contributed by atoms with Crippen molar-refractivity contribution in [3.63, 3.8) is 0 Å². The summed E-state index contributed by atoms with van der Waals surface area (Å²) in [4.78, 5) is 31.1. The van der Waals surface area contributed by atoms with E-state index in [1.54, 1.807) is 56.0 Å². The van der Waals surface area contributed by atoms with Crippen molar-refractivity contribution in [2.24, 2.45) is 11.5 Å². The lowest BCUT2D eigenvalue weighted by Crippen LogP contribution is -2.14. The Morgan fingerprint density at radius 2 is 0.957 bits per heavy atom. The number of rotatable bonds is 12. The van der Waals surface area contributed by atoms with Gasteiger partial charge in [-0.3, -0.25) is 0 Å². The van der Waals surface area contributed by atoms with Crippen LogP contribution >= 0.6 is 46.4 Å². The Labute approximate surface area is 292 Å². The van der Waals surface area contributed by atoms with Crippen LogP contribution in [0.15, 0.2) is 49.1 Å². The molecule has 4 rings (SSSR count). The van der Waals surface area contributed by atoms with Crippen LogP contribution in [0.1, 0.15) is 41.9 Å². The SMILES string of the molecule is CCCNc1ccnc(Cl)n1.CCCNc1nccc(Cl)n1.NCCNc1ccnc(Cl)n1.NCCNc1nccc(Cl)n1.[2H]CC. The maximum atomic E-state index is 6.21. The summed E-state index contributed by atoms with van der Waals surface area (Å²) in [6.07, 6.45) is 8.57. The van der Waals surface area contributed by atoms with Gasteiger partial charge in [-0.1, -0.05) is 50.9 Å². The number of nitrogens with one attached hydrogen (secondary N) is 4. The topological polar surface area (TPSA) is 203 Å². The fourth-order valence-corrected chi connectivity index (χ4v) is 3.15. The molecule has 14 nitrogen and oxygen atoms in total. The van der Waals surface area contributed by atoms with Crippen molar-refractivity contribution in [3.8, 4) is 0 Å². The summed E-state index contributed by atoms with van der Waals surface area (Å²) in [6, 6.07) is 6.80. The van der Waals surface area contributed by atoms with Crippen molar-refractivity contribution in [2.75, 3.05) is 60.5 Å². The highest BCUT2D eigenvalue weighted by atomic mass is 35.5. The van der Waals surface area contributed by atoms with Gasteiger partial charge in [0.25, 0.3) is 0 Å². The molecule has 46 heavy (non-hydrogen) atoms. The second-order valence-corrected chi connectivity index (χ2v) is 9.56. The van der Waals surface area contributed by atoms with Crippen molar-refractivity contribution >= 4 is 69.9 Å². The average molecular weight is 720 g/mol. The Hall–Kier alpha value is -3.40. The van der Waals surface area contributed by atoms with Crippen LogP contribution in [0.25, 0.3) is 0 Å². The highest BCUT2D eigenvalue weighted by molar-refractivity contribution is 6.29. The van der Waals surface area contributed by atoms with Gasteiger partial charge in [0.15, 0.2) is 0 Å². The molecule has 4 aromatic rings. The van der Waals surface area contributed by atoms with E-state index in [-0.39, 0.29) is 10.6 Å². The van der Waals surface area contributed by atoms with Crippen LogP contribution < -0.4 is 32.7 Å². The van der Waals surface area contributed by atoms with Crippen molar-refractivity contribution < 1.29 is 1.37 Å². The minimum absolute atomic E-state index is 0.243. The third-order valence-corrected chi connectivity index (χ3v) is 5.25. The zero-order chi connectivity index (χ0) is 35.1. The van der Waals surface area contributed by atoms with E-state index in [0.29, 0.717) is 61.1 Å². The van der Waals surface area contributed by atoms with Gasteiger partial charge in [-0.25, -0.2) is 39.9 Å². The molecular formula is C28H44Cl4N14. The van der Waals surface area contributed by atoms with E-state index in [1.807, 2.05) is 0 Å². The summed E-state index contributed by atoms with van der Waals surface area (Å²) in [5.41, 5.74) is 10.5. The Kier molecular flexibility index (Phi) is 25.6. The number of nitrogens with two attached hydrogens (primary N) is 2. The standard InChI is InChI=1S/2C7H10ClN3.2C6H9ClN4.C2H6/c1-2-4-9-6-3-5-10-7(8)11-6;1-2-4-9-7-10-5-3-6(8)11-7;7-6-10-3-1-5(11-6)9-4-2-8;7-5-1-3-9-6(11-5)10-4-2-8;1-2/h2*3,5H,2,4H2,1H3,(H,9,10,11);2*1,3H,2,4,8H2,(H,9,10,11);1-2H3/i;;;;1D. The molecule has 0 bridgehead atoms. The van der Waals surface area contributed by atoms with Crippen LogP contribution in [-0.4, -0.2) is 79.1 Å². The van der Waals surface area contributed by atoms with E-state index in [1.165, 1.54) is 0 Å². The summed E-state index contributed by atoms with van der Waals surface area (Å²) in [5, 5.41) is 13.4. The van der Waals surface area contributed by atoms with Gasteiger partial charge in [0, 0.05) is 65.4 Å². The molecule has 0 fully saturated rings. The van der Waals surface area contributed by atoms with Gasteiger partial charge in [0.1, 0.15) is 21.9 Å². The van der Waals surface area contributed by atoms with Gasteiger partial charge < -0.3 is 32.7 Å². The van der Waals surface area contributed by atoms with Crippen molar-refractivity contribution in [2.45, 2.75) is 40.5 Å². The monoisotopic (exact) mass is 717 g/mol. The van der Waals surface area contributed by atoms with Crippen LogP contribution in [0.4, 0.5) is 23.5 Å². The molecule has 0 atom stereocenters. The molecule has 18 heteroatoms. The third kappa shape index (κ3) is 23.0. The lowest BCUT2D eigenvalue weighted by atomic mass is 10.5. The van der Waals surface area contributed by atoms with Crippen molar-refractivity contribution in [3.05, 3.63) is 69.9 Å². The minimum atomic E-state index is 0.243. The molecule has 0 amide bonds. The minimum Gasteiger partial charge on any atom is -0.370 e. The smallest absolute Gasteiger partial charge is 0.224 e. The first-order valence-electron chi connectivity index (χ1n) is 15.0. The molecule has 254 valence electrons. The van der Waals surface area contributed by atoms with Gasteiger partial charge in [0.2, 0.25) is 22.5 Å². The summed E-state index contributed by atoms with van der Waals surface area (Å²) >= 11 is 22.3. The second kappa shape index (κ2) is 29.0. The molecule has 8 N–H and O–H groups in total. The summed E-state index contributed by atoms with van der Waals surface area (Å²) in [6.45, 7) is 10.7. The maximum Gasteiger partial charge on any atom is 0.224 e. The Bertz CT molecular complexity index is 1130. The number of anilines is 4. The zero-order valence-electron chi connectivity index (χ0n) is 27.2. The predicted octanol–water partition coefficient (Wildman–Crippen LogP) is 5.93. The number of hydrogen-bond acceptors (Lipinski definition) is 14. The molecule has 0 radical (unpaired) electrons. The third-order valence-electron chi connectivity index (χ3n) is 4.46. The highest BCUT2D eigenvalue weighted by Gasteiger charge is 1.96. The number of aromatic nitrogens is 8. The first kappa shape index (κ1) is 40.6. The van der Waals surface area contributed by atoms with E-state index in [0.717, 1.165) is 31.7 Å². The highest BCUT2D eigenvalue weighted by Crippen LogP contribution is 2.07. The molecule has 0 saturated heterocycles. The first-order chi connectivity index (χ1) is 22.7. The molecule has 4 heterocycles. The molecule has 0 aliphatic heterocycles. The van der Waals surface area contributed by atoms with Gasteiger partial charge >= 0.3 is 0 Å². The van der Waals surface area contributed by atoms with E-state index in [4.69, 9.17) is 59.2 Å². The molecule has 0 aliphatic carbocycles. The van der Waals surface area contributed by atoms with E-state index >= 15 is 0 Å². The Balaban J connectivity index is 0.000000583. The summed E-state index contributed by atoms with van der Waals surface area (Å²) < 4.78 is 6.21. The van der Waals surface area contributed by atoms with E-state index in [9.17, 15) is 0 Å². The quantitative estimate of drug-likeness (QED) is 0.0742. The molecule has 0 unspecified atom stereocenters.